The number of hydrogen-bond donors (Lipinski definition) is 2. The van der Waals surface area contributed by atoms with Crippen LogP contribution in [0.1, 0.15) is 12.0 Å². The third kappa shape index (κ3) is 6.81. The van der Waals surface area contributed by atoms with Crippen molar-refractivity contribution in [3.8, 4) is 0 Å². The van der Waals surface area contributed by atoms with E-state index in [-0.39, 0.29) is 11.9 Å². The largest absolute Gasteiger partial charge is 0.401 e. The number of guanidine groups is 1. The molecule has 0 amide bonds. The Labute approximate surface area is 152 Å². The molecule has 25 heavy (non-hydrogen) atoms. The molecular formula is C16H21BrF4N4. The van der Waals surface area contributed by atoms with Crippen molar-refractivity contribution in [3.63, 3.8) is 0 Å². The minimum Gasteiger partial charge on any atom is -0.356 e. The molecular weight excluding hydrogens is 404 g/mol. The van der Waals surface area contributed by atoms with Crippen molar-refractivity contribution in [1.82, 2.24) is 15.5 Å². The summed E-state index contributed by atoms with van der Waals surface area (Å²) in [5.74, 6) is 0.237. The van der Waals surface area contributed by atoms with Gasteiger partial charge in [-0.15, -0.1) is 0 Å². The standard InChI is InChI=1S/C16H21BrF4N4/c1-22-15(23-6-4-11-8-12(17)2-3-14(11)18)24-13-5-7-25(9-13)10-16(19,20)21/h2-3,8,13H,4-7,9-10H2,1H3,(H2,22,23,24). The number of benzene rings is 1. The van der Waals surface area contributed by atoms with E-state index in [1.54, 1.807) is 19.2 Å². The second-order valence-electron chi connectivity index (χ2n) is 5.96. The van der Waals surface area contributed by atoms with Crippen molar-refractivity contribution in [2.75, 3.05) is 33.2 Å². The van der Waals surface area contributed by atoms with E-state index in [0.29, 0.717) is 44.0 Å². The molecule has 1 aliphatic rings. The van der Waals surface area contributed by atoms with Gasteiger partial charge in [-0.05, 0) is 36.6 Å². The second kappa shape index (κ2) is 8.84. The number of rotatable bonds is 5. The summed E-state index contributed by atoms with van der Waals surface area (Å²) in [5.41, 5.74) is 0.578. The maximum Gasteiger partial charge on any atom is 0.401 e. The summed E-state index contributed by atoms with van der Waals surface area (Å²) in [6.45, 7) is 0.295. The molecule has 1 saturated heterocycles. The first-order chi connectivity index (χ1) is 11.8. The third-order valence-corrected chi connectivity index (χ3v) is 4.43. The molecule has 2 N–H and O–H groups in total. The van der Waals surface area contributed by atoms with Gasteiger partial charge in [-0.3, -0.25) is 9.89 Å². The summed E-state index contributed by atoms with van der Waals surface area (Å²) in [4.78, 5) is 5.45. The predicted octanol–water partition coefficient (Wildman–Crippen LogP) is 2.93. The van der Waals surface area contributed by atoms with Crippen LogP contribution >= 0.6 is 15.9 Å². The van der Waals surface area contributed by atoms with Gasteiger partial charge in [0.15, 0.2) is 5.96 Å². The Morgan fingerprint density at radius 3 is 2.84 bits per heavy atom. The molecule has 1 atom stereocenters. The monoisotopic (exact) mass is 424 g/mol. The van der Waals surface area contributed by atoms with Crippen LogP contribution < -0.4 is 10.6 Å². The van der Waals surface area contributed by atoms with E-state index in [1.165, 1.54) is 11.0 Å². The number of aliphatic imine (C=N–C) groups is 1. The fourth-order valence-corrected chi connectivity index (χ4v) is 3.19. The number of nitrogens with one attached hydrogen (secondary N) is 2. The first kappa shape index (κ1) is 20.0. The number of alkyl halides is 3. The zero-order valence-corrected chi connectivity index (χ0v) is 15.4. The molecule has 9 heteroatoms. The Morgan fingerprint density at radius 1 is 1.40 bits per heavy atom. The van der Waals surface area contributed by atoms with Crippen LogP contribution in [0.25, 0.3) is 0 Å². The van der Waals surface area contributed by atoms with Crippen molar-refractivity contribution < 1.29 is 17.6 Å². The molecule has 0 aliphatic carbocycles. The molecule has 1 aromatic rings. The first-order valence-corrected chi connectivity index (χ1v) is 8.76. The molecule has 4 nitrogen and oxygen atoms in total. The lowest BCUT2D eigenvalue weighted by Gasteiger charge is -2.19. The van der Waals surface area contributed by atoms with Gasteiger partial charge < -0.3 is 10.6 Å². The molecule has 1 unspecified atom stereocenters. The molecule has 1 aromatic carbocycles. The highest BCUT2D eigenvalue weighted by Gasteiger charge is 2.34. The molecule has 140 valence electrons. The van der Waals surface area contributed by atoms with Gasteiger partial charge in [0, 0.05) is 37.2 Å². The highest BCUT2D eigenvalue weighted by atomic mass is 79.9. The van der Waals surface area contributed by atoms with E-state index in [1.807, 2.05) is 0 Å². The van der Waals surface area contributed by atoms with Crippen LogP contribution in [-0.2, 0) is 6.42 Å². The van der Waals surface area contributed by atoms with Crippen LogP contribution in [0.15, 0.2) is 27.7 Å². The Kier molecular flexibility index (Phi) is 7.06. The third-order valence-electron chi connectivity index (χ3n) is 3.93. The van der Waals surface area contributed by atoms with Crippen molar-refractivity contribution >= 4 is 21.9 Å². The van der Waals surface area contributed by atoms with Gasteiger partial charge in [-0.1, -0.05) is 15.9 Å². The molecule has 0 spiro atoms. The minimum atomic E-state index is -4.18. The molecule has 0 saturated carbocycles. The van der Waals surface area contributed by atoms with Crippen LogP contribution in [0.3, 0.4) is 0 Å². The lowest BCUT2D eigenvalue weighted by Crippen LogP contribution is -2.45. The zero-order chi connectivity index (χ0) is 18.4. The lowest BCUT2D eigenvalue weighted by atomic mass is 10.1. The number of likely N-dealkylation sites (tertiary alicyclic amines) is 1. The SMILES string of the molecule is CN=C(NCCc1cc(Br)ccc1F)NC1CCN(CC(F)(F)F)C1. The van der Waals surface area contributed by atoms with Crippen molar-refractivity contribution in [2.24, 2.45) is 4.99 Å². The summed E-state index contributed by atoms with van der Waals surface area (Å²) in [7, 11) is 1.59. The first-order valence-electron chi connectivity index (χ1n) is 7.97. The second-order valence-corrected chi connectivity index (χ2v) is 6.88. The van der Waals surface area contributed by atoms with Gasteiger partial charge in [0.05, 0.1) is 6.54 Å². The summed E-state index contributed by atoms with van der Waals surface area (Å²) >= 11 is 3.31. The topological polar surface area (TPSA) is 39.7 Å². The average Bonchev–Trinajstić information content (AvgIpc) is 2.94. The smallest absolute Gasteiger partial charge is 0.356 e. The average molecular weight is 425 g/mol. The van der Waals surface area contributed by atoms with Crippen LogP contribution in [0.4, 0.5) is 17.6 Å². The minimum absolute atomic E-state index is 0.0869. The van der Waals surface area contributed by atoms with E-state index >= 15 is 0 Å². The van der Waals surface area contributed by atoms with Crippen molar-refractivity contribution in [3.05, 3.63) is 34.1 Å². The fourth-order valence-electron chi connectivity index (χ4n) is 2.79. The van der Waals surface area contributed by atoms with E-state index < -0.39 is 12.7 Å². The van der Waals surface area contributed by atoms with Crippen LogP contribution in [0, 0.1) is 5.82 Å². The lowest BCUT2D eigenvalue weighted by molar-refractivity contribution is -0.143. The molecule has 0 aromatic heterocycles. The Bertz CT molecular complexity index is 606. The van der Waals surface area contributed by atoms with Crippen LogP contribution in [-0.4, -0.2) is 56.3 Å². The quantitative estimate of drug-likeness (QED) is 0.433. The fraction of sp³-hybridized carbons (Fsp3) is 0.562. The Hall–Kier alpha value is -1.35. The van der Waals surface area contributed by atoms with Crippen molar-refractivity contribution in [2.45, 2.75) is 25.1 Å². The summed E-state index contributed by atoms with van der Waals surface area (Å²) in [6.07, 6.45) is -3.09. The maximum atomic E-state index is 13.7. The highest BCUT2D eigenvalue weighted by Crippen LogP contribution is 2.20. The highest BCUT2D eigenvalue weighted by molar-refractivity contribution is 9.10. The Morgan fingerprint density at radius 2 is 2.16 bits per heavy atom. The van der Waals surface area contributed by atoms with Gasteiger partial charge in [-0.25, -0.2) is 4.39 Å². The molecule has 1 fully saturated rings. The van der Waals surface area contributed by atoms with E-state index in [4.69, 9.17) is 0 Å². The van der Waals surface area contributed by atoms with Gasteiger partial charge in [0.2, 0.25) is 0 Å². The molecule has 1 aliphatic heterocycles. The summed E-state index contributed by atoms with van der Waals surface area (Å²) in [6, 6.07) is 4.68. The van der Waals surface area contributed by atoms with E-state index in [9.17, 15) is 17.6 Å². The van der Waals surface area contributed by atoms with Gasteiger partial charge >= 0.3 is 6.18 Å². The van der Waals surface area contributed by atoms with Crippen LogP contribution in [0.2, 0.25) is 0 Å². The maximum absolute atomic E-state index is 13.7. The molecule has 0 radical (unpaired) electrons. The number of hydrogen-bond acceptors (Lipinski definition) is 2. The normalized spacial score (nSPS) is 19.3. The van der Waals surface area contributed by atoms with Gasteiger partial charge in [-0.2, -0.15) is 13.2 Å². The Balaban J connectivity index is 1.77. The molecule has 2 rings (SSSR count). The zero-order valence-electron chi connectivity index (χ0n) is 13.8. The van der Waals surface area contributed by atoms with E-state index in [0.717, 1.165) is 4.47 Å². The number of nitrogens with zero attached hydrogens (tertiary/aromatic N) is 2. The van der Waals surface area contributed by atoms with Crippen molar-refractivity contribution in [1.29, 1.82) is 0 Å². The molecule has 1 heterocycles. The number of halogens is 5. The molecule has 0 bridgehead atoms. The predicted molar refractivity (Wildman–Crippen MR) is 93.2 cm³/mol. The van der Waals surface area contributed by atoms with Gasteiger partial charge in [0.1, 0.15) is 5.82 Å². The summed E-state index contributed by atoms with van der Waals surface area (Å²) < 4.78 is 51.8. The van der Waals surface area contributed by atoms with E-state index in [2.05, 4.69) is 31.6 Å². The van der Waals surface area contributed by atoms with Crippen LogP contribution in [0.5, 0.6) is 0 Å². The summed E-state index contributed by atoms with van der Waals surface area (Å²) in [5, 5.41) is 6.19. The van der Waals surface area contributed by atoms with Gasteiger partial charge in [0.25, 0.3) is 0 Å².